The first-order valence-electron chi connectivity index (χ1n) is 9.07. The molecule has 1 N–H and O–H groups in total. The molecule has 3 rings (SSSR count). The van der Waals surface area contributed by atoms with Crippen molar-refractivity contribution in [1.29, 1.82) is 0 Å². The molecule has 156 valence electrons. The Bertz CT molecular complexity index is 1150. The van der Waals surface area contributed by atoms with E-state index >= 15 is 0 Å². The molecule has 0 saturated heterocycles. The summed E-state index contributed by atoms with van der Waals surface area (Å²) in [6.07, 6.45) is 2.39. The first-order valence-corrected chi connectivity index (χ1v) is 9.45. The molecule has 1 aromatic heterocycles. The largest absolute Gasteiger partial charge is 0.507 e. The van der Waals surface area contributed by atoms with Crippen LogP contribution in [0.15, 0.2) is 48.7 Å². The Labute approximate surface area is 177 Å². The Morgan fingerprint density at radius 1 is 1.27 bits per heavy atom. The summed E-state index contributed by atoms with van der Waals surface area (Å²) < 4.78 is 25.5. The van der Waals surface area contributed by atoms with Crippen LogP contribution in [0.4, 0.5) is 4.39 Å². The molecule has 8 heteroatoms. The number of carbonyl (C=O) groups is 2. The van der Waals surface area contributed by atoms with Gasteiger partial charge in [-0.25, -0.2) is 9.18 Å². The molecule has 3 aromatic rings. The minimum atomic E-state index is -1.06. The smallest absolute Gasteiger partial charge is 0.379 e. The van der Waals surface area contributed by atoms with Gasteiger partial charge in [-0.05, 0) is 42.8 Å². The maximum Gasteiger partial charge on any atom is 0.379 e. The van der Waals surface area contributed by atoms with Crippen LogP contribution in [0.3, 0.4) is 0 Å². The number of hydrogen-bond donors (Lipinski definition) is 1. The Kier molecular flexibility index (Phi) is 6.42. The van der Waals surface area contributed by atoms with Crippen LogP contribution >= 0.6 is 11.6 Å². The minimum Gasteiger partial charge on any atom is -0.507 e. The number of aromatic nitrogens is 1. The summed E-state index contributed by atoms with van der Waals surface area (Å²) in [5.74, 6) is -2.45. The number of esters is 1. The van der Waals surface area contributed by atoms with Crippen LogP contribution in [0.1, 0.15) is 18.1 Å². The molecule has 6 nitrogen and oxygen atoms in total. The molecule has 0 spiro atoms. The predicted octanol–water partition coefficient (Wildman–Crippen LogP) is 4.52. The van der Waals surface area contributed by atoms with E-state index in [4.69, 9.17) is 16.3 Å². The highest BCUT2D eigenvalue weighted by Crippen LogP contribution is 2.34. The molecular formula is C22H19ClFNO5. The van der Waals surface area contributed by atoms with Crippen LogP contribution in [-0.4, -0.2) is 35.1 Å². The van der Waals surface area contributed by atoms with Gasteiger partial charge >= 0.3 is 5.97 Å². The van der Waals surface area contributed by atoms with Gasteiger partial charge in [0.25, 0.3) is 5.78 Å². The Hall–Kier alpha value is -3.32. The molecule has 0 radical (unpaired) electrons. The summed E-state index contributed by atoms with van der Waals surface area (Å²) in [5, 5.41) is 11.5. The average molecular weight is 432 g/mol. The second kappa shape index (κ2) is 9.00. The van der Waals surface area contributed by atoms with Gasteiger partial charge in [-0.2, -0.15) is 0 Å². The summed E-state index contributed by atoms with van der Waals surface area (Å²) in [6, 6.07) is 9.31. The summed E-state index contributed by atoms with van der Waals surface area (Å²) >= 11 is 6.20. The third kappa shape index (κ3) is 4.31. The number of ketones is 1. The molecule has 0 aliphatic rings. The Balaban J connectivity index is 2.12. The fraction of sp³-hybridized carbons (Fsp3) is 0.182. The van der Waals surface area contributed by atoms with Crippen LogP contribution in [-0.2, 0) is 20.9 Å². The number of ether oxygens (including phenoxy) is 2. The summed E-state index contributed by atoms with van der Waals surface area (Å²) in [7, 11) is 1.48. The first-order chi connectivity index (χ1) is 14.3. The number of rotatable bonds is 7. The van der Waals surface area contributed by atoms with E-state index in [2.05, 4.69) is 4.74 Å². The highest BCUT2D eigenvalue weighted by molar-refractivity contribution is 6.39. The van der Waals surface area contributed by atoms with Crippen molar-refractivity contribution in [2.75, 3.05) is 13.7 Å². The monoisotopic (exact) mass is 431 g/mol. The highest BCUT2D eigenvalue weighted by atomic mass is 35.5. The maximum absolute atomic E-state index is 13.7. The van der Waals surface area contributed by atoms with Gasteiger partial charge in [0.1, 0.15) is 17.3 Å². The number of nitrogens with zero attached hydrogens (tertiary/aromatic N) is 1. The van der Waals surface area contributed by atoms with E-state index in [-0.39, 0.29) is 18.7 Å². The Morgan fingerprint density at radius 3 is 2.73 bits per heavy atom. The van der Waals surface area contributed by atoms with Crippen molar-refractivity contribution >= 4 is 40.0 Å². The van der Waals surface area contributed by atoms with E-state index in [1.807, 2.05) is 0 Å². The zero-order valence-corrected chi connectivity index (χ0v) is 17.1. The maximum atomic E-state index is 13.7. The molecule has 1 heterocycles. The van der Waals surface area contributed by atoms with E-state index in [1.165, 1.54) is 25.3 Å². The lowest BCUT2D eigenvalue weighted by molar-refractivity contribution is -0.151. The lowest BCUT2D eigenvalue weighted by Crippen LogP contribution is -2.15. The van der Waals surface area contributed by atoms with Gasteiger partial charge in [-0.1, -0.05) is 17.7 Å². The number of aliphatic hydroxyl groups is 1. The van der Waals surface area contributed by atoms with E-state index in [0.717, 1.165) is 6.08 Å². The molecule has 0 amide bonds. The van der Waals surface area contributed by atoms with Crippen LogP contribution in [0.2, 0.25) is 5.02 Å². The van der Waals surface area contributed by atoms with E-state index in [9.17, 15) is 19.1 Å². The molecule has 2 aromatic carbocycles. The van der Waals surface area contributed by atoms with E-state index in [0.29, 0.717) is 27.2 Å². The predicted molar refractivity (Wildman–Crippen MR) is 111 cm³/mol. The first kappa shape index (κ1) is 21.4. The third-order valence-electron chi connectivity index (χ3n) is 4.46. The lowest BCUT2D eigenvalue weighted by atomic mass is 10.1. The number of aliphatic hydroxyl groups excluding tert-OH is 1. The normalized spacial score (nSPS) is 11.5. The van der Waals surface area contributed by atoms with Gasteiger partial charge in [0.2, 0.25) is 0 Å². The molecule has 0 unspecified atom stereocenters. The van der Waals surface area contributed by atoms with Crippen molar-refractivity contribution in [2.45, 2.75) is 13.5 Å². The number of halogens is 2. The zero-order chi connectivity index (χ0) is 21.8. The van der Waals surface area contributed by atoms with Gasteiger partial charge in [-0.15, -0.1) is 0 Å². The second-order valence-electron chi connectivity index (χ2n) is 6.38. The fourth-order valence-corrected chi connectivity index (χ4v) is 3.30. The number of benzene rings is 2. The van der Waals surface area contributed by atoms with Crippen LogP contribution in [0, 0.1) is 5.82 Å². The fourth-order valence-electron chi connectivity index (χ4n) is 3.13. The lowest BCUT2D eigenvalue weighted by Gasteiger charge is -2.08. The van der Waals surface area contributed by atoms with E-state index in [1.54, 1.807) is 35.9 Å². The molecular weight excluding hydrogens is 413 g/mol. The molecule has 0 fully saturated rings. The van der Waals surface area contributed by atoms with Crippen molar-refractivity contribution in [3.63, 3.8) is 0 Å². The molecule has 0 bridgehead atoms. The quantitative estimate of drug-likeness (QED) is 0.257. The zero-order valence-electron chi connectivity index (χ0n) is 16.3. The summed E-state index contributed by atoms with van der Waals surface area (Å²) in [6.45, 7) is 1.82. The second-order valence-corrected chi connectivity index (χ2v) is 6.78. The van der Waals surface area contributed by atoms with Crippen molar-refractivity contribution in [3.8, 4) is 5.75 Å². The summed E-state index contributed by atoms with van der Waals surface area (Å²) in [4.78, 5) is 23.6. The highest BCUT2D eigenvalue weighted by Gasteiger charge is 2.20. The molecule has 30 heavy (non-hydrogen) atoms. The SMILES string of the molecule is CCOC(=O)C(=O)C=C(O)c1cn(Cc2cc(F)ccc2Cl)c2cccc(OC)c12. The number of methoxy groups -OCH3 is 1. The van der Waals surface area contributed by atoms with Gasteiger partial charge in [0.15, 0.2) is 0 Å². The van der Waals surface area contributed by atoms with Gasteiger partial charge in [0.05, 0.1) is 24.6 Å². The van der Waals surface area contributed by atoms with Crippen LogP contribution in [0.25, 0.3) is 16.7 Å². The van der Waals surface area contributed by atoms with Gasteiger partial charge in [0, 0.05) is 29.4 Å². The average Bonchev–Trinajstić information content (AvgIpc) is 3.09. The molecule has 0 aliphatic heterocycles. The number of hydrogen-bond acceptors (Lipinski definition) is 5. The molecule has 0 saturated carbocycles. The molecule has 0 atom stereocenters. The van der Waals surface area contributed by atoms with Gasteiger partial charge in [-0.3, -0.25) is 4.79 Å². The van der Waals surface area contributed by atoms with Gasteiger partial charge < -0.3 is 19.1 Å². The van der Waals surface area contributed by atoms with Crippen molar-refractivity contribution in [1.82, 2.24) is 4.57 Å². The van der Waals surface area contributed by atoms with Crippen molar-refractivity contribution in [3.05, 3.63) is 70.6 Å². The standard InChI is InChI=1S/C22H19ClFNO5/c1-3-30-22(28)19(27)10-18(26)15-12-25(11-13-9-14(24)7-8-16(13)23)17-5-4-6-20(29-2)21(15)17/h4-10,12,26H,3,11H2,1-2H3. The topological polar surface area (TPSA) is 77.8 Å². The van der Waals surface area contributed by atoms with Crippen LogP contribution < -0.4 is 4.74 Å². The third-order valence-corrected chi connectivity index (χ3v) is 4.83. The van der Waals surface area contributed by atoms with Crippen molar-refractivity contribution in [2.24, 2.45) is 0 Å². The van der Waals surface area contributed by atoms with E-state index < -0.39 is 23.3 Å². The minimum absolute atomic E-state index is 0.0424. The van der Waals surface area contributed by atoms with Crippen molar-refractivity contribution < 1.29 is 28.6 Å². The van der Waals surface area contributed by atoms with Crippen LogP contribution in [0.5, 0.6) is 5.75 Å². The molecule has 0 aliphatic carbocycles. The summed E-state index contributed by atoms with van der Waals surface area (Å²) in [5.41, 5.74) is 1.47. The number of fused-ring (bicyclic) bond motifs is 1. The number of carbonyl (C=O) groups excluding carboxylic acids is 2. The Morgan fingerprint density at radius 2 is 2.03 bits per heavy atom.